The molecule has 0 fully saturated rings. The van der Waals surface area contributed by atoms with Gasteiger partial charge in [-0.05, 0) is 40.6 Å². The first-order valence-electron chi connectivity index (χ1n) is 3.88. The third-order valence-electron chi connectivity index (χ3n) is 1.85. The molecule has 2 aromatic rings. The van der Waals surface area contributed by atoms with Gasteiger partial charge in [0.1, 0.15) is 5.75 Å². The summed E-state index contributed by atoms with van der Waals surface area (Å²) in [6.45, 7) is 0. The molecule has 1 heterocycles. The highest BCUT2D eigenvalue weighted by molar-refractivity contribution is 7.08. The van der Waals surface area contributed by atoms with Crippen molar-refractivity contribution < 1.29 is 5.11 Å². The van der Waals surface area contributed by atoms with Crippen LogP contribution in [0.2, 0.25) is 0 Å². The fraction of sp³-hybridized carbons (Fsp3) is 0. The minimum Gasteiger partial charge on any atom is -0.507 e. The van der Waals surface area contributed by atoms with Crippen molar-refractivity contribution >= 4 is 17.0 Å². The highest BCUT2D eigenvalue weighted by Crippen LogP contribution is 2.31. The third kappa shape index (κ3) is 1.51. The molecule has 1 aromatic carbocycles. The van der Waals surface area contributed by atoms with Crippen LogP contribution < -0.4 is 5.73 Å². The summed E-state index contributed by atoms with van der Waals surface area (Å²) in [5.41, 5.74) is 8.09. The first-order chi connectivity index (χ1) is 6.27. The Balaban J connectivity index is 2.57. The number of anilines is 1. The monoisotopic (exact) mass is 191 g/mol. The molecule has 0 spiro atoms. The average molecular weight is 191 g/mol. The Morgan fingerprint density at radius 1 is 1.23 bits per heavy atom. The summed E-state index contributed by atoms with van der Waals surface area (Å²) < 4.78 is 0. The lowest BCUT2D eigenvalue weighted by Gasteiger charge is -2.02. The molecule has 0 saturated carbocycles. The first kappa shape index (κ1) is 8.13. The lowest BCUT2D eigenvalue weighted by molar-refractivity contribution is 0.477. The van der Waals surface area contributed by atoms with Crippen LogP contribution >= 0.6 is 11.3 Å². The van der Waals surface area contributed by atoms with E-state index >= 15 is 0 Å². The second-order valence-corrected chi connectivity index (χ2v) is 3.57. The molecule has 0 radical (unpaired) electrons. The number of phenolic OH excluding ortho intramolecular Hbond substituents is 1. The Morgan fingerprint density at radius 3 is 2.77 bits per heavy atom. The van der Waals surface area contributed by atoms with Gasteiger partial charge < -0.3 is 10.8 Å². The van der Waals surface area contributed by atoms with Gasteiger partial charge in [-0.2, -0.15) is 11.3 Å². The van der Waals surface area contributed by atoms with E-state index in [4.69, 9.17) is 5.73 Å². The summed E-state index contributed by atoms with van der Waals surface area (Å²) in [6.07, 6.45) is 0. The average Bonchev–Trinajstić information content (AvgIpc) is 2.61. The lowest BCUT2D eigenvalue weighted by Crippen LogP contribution is -1.84. The number of benzene rings is 1. The van der Waals surface area contributed by atoms with Crippen LogP contribution in [-0.2, 0) is 0 Å². The fourth-order valence-corrected chi connectivity index (χ4v) is 1.86. The molecular weight excluding hydrogens is 182 g/mol. The van der Waals surface area contributed by atoms with E-state index in [9.17, 15) is 5.11 Å². The topological polar surface area (TPSA) is 46.2 Å². The number of hydrogen-bond acceptors (Lipinski definition) is 3. The van der Waals surface area contributed by atoms with Crippen molar-refractivity contribution in [3.63, 3.8) is 0 Å². The molecule has 0 bridgehead atoms. The molecule has 0 aliphatic heterocycles. The zero-order valence-electron chi connectivity index (χ0n) is 6.90. The number of phenols is 1. The predicted octanol–water partition coefficient (Wildman–Crippen LogP) is 2.70. The smallest absolute Gasteiger partial charge is 0.123 e. The predicted molar refractivity (Wildman–Crippen MR) is 55.8 cm³/mol. The number of aromatic hydroxyl groups is 1. The molecule has 3 N–H and O–H groups in total. The Bertz CT molecular complexity index is 409. The Morgan fingerprint density at radius 2 is 2.08 bits per heavy atom. The van der Waals surface area contributed by atoms with Crippen molar-refractivity contribution in [2.24, 2.45) is 0 Å². The van der Waals surface area contributed by atoms with Crippen molar-refractivity contribution in [2.45, 2.75) is 0 Å². The molecule has 0 atom stereocenters. The van der Waals surface area contributed by atoms with Crippen molar-refractivity contribution in [3.05, 3.63) is 35.0 Å². The maximum atomic E-state index is 9.56. The van der Waals surface area contributed by atoms with Gasteiger partial charge in [0.15, 0.2) is 0 Å². The molecular formula is C10H9NOS. The van der Waals surface area contributed by atoms with E-state index in [-0.39, 0.29) is 5.75 Å². The van der Waals surface area contributed by atoms with E-state index in [1.54, 1.807) is 29.5 Å². The summed E-state index contributed by atoms with van der Waals surface area (Å²) in [5.74, 6) is 0.271. The van der Waals surface area contributed by atoms with Gasteiger partial charge in [-0.25, -0.2) is 0 Å². The molecule has 2 nitrogen and oxygen atoms in total. The molecule has 66 valence electrons. The van der Waals surface area contributed by atoms with Crippen LogP contribution in [0.3, 0.4) is 0 Å². The van der Waals surface area contributed by atoms with Crippen LogP contribution in [0.5, 0.6) is 5.75 Å². The van der Waals surface area contributed by atoms with Gasteiger partial charge in [-0.15, -0.1) is 0 Å². The van der Waals surface area contributed by atoms with Crippen molar-refractivity contribution in [1.82, 2.24) is 0 Å². The van der Waals surface area contributed by atoms with Crippen LogP contribution in [0.15, 0.2) is 35.0 Å². The summed E-state index contributed by atoms with van der Waals surface area (Å²) in [7, 11) is 0. The van der Waals surface area contributed by atoms with Crippen LogP contribution in [0.25, 0.3) is 11.1 Å². The highest BCUT2D eigenvalue weighted by Gasteiger charge is 2.04. The first-order valence-corrected chi connectivity index (χ1v) is 4.83. The second kappa shape index (κ2) is 3.11. The van der Waals surface area contributed by atoms with E-state index in [2.05, 4.69) is 0 Å². The molecule has 0 aliphatic rings. The van der Waals surface area contributed by atoms with E-state index in [0.717, 1.165) is 11.1 Å². The van der Waals surface area contributed by atoms with Gasteiger partial charge in [-0.1, -0.05) is 0 Å². The molecule has 0 unspecified atom stereocenters. The van der Waals surface area contributed by atoms with Crippen LogP contribution in [0.1, 0.15) is 0 Å². The molecule has 13 heavy (non-hydrogen) atoms. The van der Waals surface area contributed by atoms with Crippen LogP contribution in [0.4, 0.5) is 5.69 Å². The Kier molecular flexibility index (Phi) is 1.94. The van der Waals surface area contributed by atoms with Crippen LogP contribution in [-0.4, -0.2) is 5.11 Å². The van der Waals surface area contributed by atoms with E-state index < -0.39 is 0 Å². The number of rotatable bonds is 1. The number of thiophene rings is 1. The maximum absolute atomic E-state index is 9.56. The van der Waals surface area contributed by atoms with E-state index in [1.807, 2.05) is 16.8 Å². The van der Waals surface area contributed by atoms with Crippen molar-refractivity contribution in [1.29, 1.82) is 0 Å². The molecule has 2 rings (SSSR count). The second-order valence-electron chi connectivity index (χ2n) is 2.79. The maximum Gasteiger partial charge on any atom is 0.123 e. The van der Waals surface area contributed by atoms with E-state index in [0.29, 0.717) is 5.69 Å². The highest BCUT2D eigenvalue weighted by atomic mass is 32.1. The van der Waals surface area contributed by atoms with Gasteiger partial charge in [0.25, 0.3) is 0 Å². The normalized spacial score (nSPS) is 10.2. The van der Waals surface area contributed by atoms with E-state index in [1.165, 1.54) is 0 Å². The van der Waals surface area contributed by atoms with Gasteiger partial charge >= 0.3 is 0 Å². The number of nitrogen functional groups attached to an aromatic ring is 1. The van der Waals surface area contributed by atoms with Gasteiger partial charge in [0, 0.05) is 11.3 Å². The molecule has 0 aliphatic carbocycles. The number of nitrogens with two attached hydrogens (primary N) is 1. The third-order valence-corrected chi connectivity index (χ3v) is 2.54. The quantitative estimate of drug-likeness (QED) is 0.537. The van der Waals surface area contributed by atoms with Crippen molar-refractivity contribution in [2.75, 3.05) is 5.73 Å². The fourth-order valence-electron chi connectivity index (χ4n) is 1.20. The molecule has 0 saturated heterocycles. The number of hydrogen-bond donors (Lipinski definition) is 2. The largest absolute Gasteiger partial charge is 0.507 e. The standard InChI is InChI=1S/C10H9NOS/c11-8-1-2-10(12)9(5-8)7-3-4-13-6-7/h1-6,12H,11H2. The minimum atomic E-state index is 0.271. The summed E-state index contributed by atoms with van der Waals surface area (Å²) in [6, 6.07) is 7.03. The van der Waals surface area contributed by atoms with Crippen molar-refractivity contribution in [3.8, 4) is 16.9 Å². The Hall–Kier alpha value is -1.48. The summed E-state index contributed by atoms with van der Waals surface area (Å²) in [5, 5.41) is 13.5. The van der Waals surface area contributed by atoms with Gasteiger partial charge in [-0.3, -0.25) is 0 Å². The summed E-state index contributed by atoms with van der Waals surface area (Å²) >= 11 is 1.60. The lowest BCUT2D eigenvalue weighted by atomic mass is 10.1. The molecule has 0 amide bonds. The van der Waals surface area contributed by atoms with Gasteiger partial charge in [0.05, 0.1) is 0 Å². The zero-order chi connectivity index (χ0) is 9.26. The summed E-state index contributed by atoms with van der Waals surface area (Å²) in [4.78, 5) is 0. The van der Waals surface area contributed by atoms with Gasteiger partial charge in [0.2, 0.25) is 0 Å². The zero-order valence-corrected chi connectivity index (χ0v) is 7.71. The SMILES string of the molecule is Nc1ccc(O)c(-c2ccsc2)c1. The Labute approximate surface area is 80.3 Å². The minimum absolute atomic E-state index is 0.271. The molecule has 3 heteroatoms. The molecule has 1 aromatic heterocycles. The van der Waals surface area contributed by atoms with Crippen LogP contribution in [0, 0.1) is 0 Å².